The van der Waals surface area contributed by atoms with Crippen molar-refractivity contribution >= 4 is 63.8 Å². The number of aromatic nitrogens is 3. The minimum absolute atomic E-state index is 0.650. The van der Waals surface area contributed by atoms with Crippen LogP contribution in [0.25, 0.3) is 97.8 Å². The van der Waals surface area contributed by atoms with Gasteiger partial charge in [0, 0.05) is 36.9 Å². The first-order valence-corrected chi connectivity index (χ1v) is 17.3. The Morgan fingerprint density at radius 1 is 0.265 bits per heavy atom. The second-order valence-electron chi connectivity index (χ2n) is 12.4. The molecule has 0 spiro atoms. The second-order valence-corrected chi connectivity index (χ2v) is 13.5. The fraction of sp³-hybridized carbons (Fsp3) is 0. The van der Waals surface area contributed by atoms with Crippen LogP contribution < -0.4 is 0 Å². The Balaban J connectivity index is 1.21. The topological polar surface area (TPSA) is 38.7 Å². The van der Waals surface area contributed by atoms with E-state index in [2.05, 4.69) is 140 Å². The van der Waals surface area contributed by atoms with Crippen molar-refractivity contribution in [2.75, 3.05) is 0 Å². The van der Waals surface area contributed by atoms with Crippen LogP contribution in [-0.2, 0) is 0 Å². The summed E-state index contributed by atoms with van der Waals surface area (Å²) < 4.78 is 2.63. The van der Waals surface area contributed by atoms with E-state index in [1.807, 2.05) is 35.6 Å². The molecule has 2 heterocycles. The molecule has 4 heteroatoms. The maximum Gasteiger partial charge on any atom is 0.164 e. The van der Waals surface area contributed by atoms with Gasteiger partial charge in [-0.05, 0) is 73.8 Å². The van der Waals surface area contributed by atoms with E-state index in [4.69, 9.17) is 15.0 Å². The second kappa shape index (κ2) is 11.2. The standard InChI is InChI=1S/C45H27N3S/c1-3-12-28(13-4-1)30-16-11-17-31(24-30)44-46-43(29-14-5-2-6-15-29)47-45(48-44)32-22-23-35-37(25-32)33-18-7-8-19-34(33)39-27-42-40(26-38(35)39)36-20-9-10-21-41(36)49-42/h1-27H. The lowest BCUT2D eigenvalue weighted by molar-refractivity contribution is 1.07. The summed E-state index contributed by atoms with van der Waals surface area (Å²) in [4.78, 5) is 15.2. The molecule has 2 aromatic heterocycles. The van der Waals surface area contributed by atoms with E-state index in [0.717, 1.165) is 27.8 Å². The Bertz CT molecular complexity index is 2880. The lowest BCUT2D eigenvalue weighted by atomic mass is 9.92. The van der Waals surface area contributed by atoms with Gasteiger partial charge in [0.05, 0.1) is 0 Å². The predicted octanol–water partition coefficient (Wildman–Crippen LogP) is 12.4. The highest BCUT2D eigenvalue weighted by molar-refractivity contribution is 7.25. The van der Waals surface area contributed by atoms with Crippen LogP contribution in [0.15, 0.2) is 164 Å². The van der Waals surface area contributed by atoms with Gasteiger partial charge < -0.3 is 0 Å². The van der Waals surface area contributed by atoms with Gasteiger partial charge in [-0.15, -0.1) is 11.3 Å². The maximum absolute atomic E-state index is 5.13. The van der Waals surface area contributed by atoms with Crippen LogP contribution in [0.5, 0.6) is 0 Å². The zero-order valence-electron chi connectivity index (χ0n) is 26.3. The number of fused-ring (bicyclic) bond motifs is 9. The third-order valence-corrected chi connectivity index (χ3v) is 10.6. The molecule has 0 aliphatic rings. The highest BCUT2D eigenvalue weighted by atomic mass is 32.1. The van der Waals surface area contributed by atoms with Gasteiger partial charge in [0.15, 0.2) is 17.5 Å². The molecule has 0 atom stereocenters. The van der Waals surface area contributed by atoms with Crippen LogP contribution in [0.3, 0.4) is 0 Å². The first-order valence-electron chi connectivity index (χ1n) is 16.4. The van der Waals surface area contributed by atoms with Gasteiger partial charge in [0.25, 0.3) is 0 Å². The van der Waals surface area contributed by atoms with Crippen molar-refractivity contribution < 1.29 is 0 Å². The molecule has 0 N–H and O–H groups in total. The number of hydrogen-bond acceptors (Lipinski definition) is 4. The Morgan fingerprint density at radius 2 is 0.776 bits per heavy atom. The number of rotatable bonds is 4. The van der Waals surface area contributed by atoms with E-state index in [-0.39, 0.29) is 0 Å². The van der Waals surface area contributed by atoms with E-state index >= 15 is 0 Å². The summed E-state index contributed by atoms with van der Waals surface area (Å²) in [5.41, 5.74) is 5.14. The third kappa shape index (κ3) is 4.68. The van der Waals surface area contributed by atoms with Crippen molar-refractivity contribution in [2.45, 2.75) is 0 Å². The third-order valence-electron chi connectivity index (χ3n) is 9.49. The first-order chi connectivity index (χ1) is 24.3. The predicted molar refractivity (Wildman–Crippen MR) is 207 cm³/mol. The molecule has 10 aromatic rings. The van der Waals surface area contributed by atoms with Crippen LogP contribution in [0.1, 0.15) is 0 Å². The molecule has 228 valence electrons. The largest absolute Gasteiger partial charge is 0.208 e. The monoisotopic (exact) mass is 641 g/mol. The van der Waals surface area contributed by atoms with Gasteiger partial charge in [-0.1, -0.05) is 133 Å². The average molecular weight is 642 g/mol. The maximum atomic E-state index is 5.13. The van der Waals surface area contributed by atoms with Crippen molar-refractivity contribution in [1.29, 1.82) is 0 Å². The van der Waals surface area contributed by atoms with Crippen LogP contribution in [0.4, 0.5) is 0 Å². The smallest absolute Gasteiger partial charge is 0.164 e. The van der Waals surface area contributed by atoms with Crippen molar-refractivity contribution in [1.82, 2.24) is 15.0 Å². The Labute approximate surface area is 286 Å². The highest BCUT2D eigenvalue weighted by Gasteiger charge is 2.16. The number of benzene rings is 8. The summed E-state index contributed by atoms with van der Waals surface area (Å²) in [6.45, 7) is 0. The van der Waals surface area contributed by atoms with Gasteiger partial charge in [-0.25, -0.2) is 15.0 Å². The van der Waals surface area contributed by atoms with Crippen LogP contribution in [-0.4, -0.2) is 15.0 Å². The molecule has 0 saturated heterocycles. The Kier molecular flexibility index (Phi) is 6.36. The zero-order valence-corrected chi connectivity index (χ0v) is 27.2. The molecule has 0 unspecified atom stereocenters. The number of thiophene rings is 1. The number of nitrogens with zero attached hydrogens (tertiary/aromatic N) is 3. The molecule has 0 saturated carbocycles. The minimum atomic E-state index is 0.650. The molecule has 49 heavy (non-hydrogen) atoms. The molecule has 3 nitrogen and oxygen atoms in total. The molecule has 0 radical (unpaired) electrons. The van der Waals surface area contributed by atoms with E-state index < -0.39 is 0 Å². The van der Waals surface area contributed by atoms with Crippen molar-refractivity contribution in [3.05, 3.63) is 164 Å². The quantitative estimate of drug-likeness (QED) is 0.180. The highest BCUT2D eigenvalue weighted by Crippen LogP contribution is 2.42. The fourth-order valence-corrected chi connectivity index (χ4v) is 8.26. The van der Waals surface area contributed by atoms with E-state index in [0.29, 0.717) is 17.5 Å². The summed E-state index contributed by atoms with van der Waals surface area (Å²) in [6.07, 6.45) is 0. The average Bonchev–Trinajstić information content (AvgIpc) is 3.55. The summed E-state index contributed by atoms with van der Waals surface area (Å²) in [5, 5.41) is 10.0. The molecular formula is C45H27N3S. The Morgan fingerprint density at radius 3 is 1.51 bits per heavy atom. The fourth-order valence-electron chi connectivity index (χ4n) is 7.13. The van der Waals surface area contributed by atoms with E-state index in [1.54, 1.807) is 0 Å². The number of hydrogen-bond donors (Lipinski definition) is 0. The lowest BCUT2D eigenvalue weighted by Crippen LogP contribution is -2.00. The van der Waals surface area contributed by atoms with Gasteiger partial charge >= 0.3 is 0 Å². The van der Waals surface area contributed by atoms with Crippen LogP contribution >= 0.6 is 11.3 Å². The van der Waals surface area contributed by atoms with Gasteiger partial charge in [0.2, 0.25) is 0 Å². The summed E-state index contributed by atoms with van der Waals surface area (Å²) in [7, 11) is 0. The minimum Gasteiger partial charge on any atom is -0.208 e. The summed E-state index contributed by atoms with van der Waals surface area (Å²) in [6, 6.07) is 58.0. The van der Waals surface area contributed by atoms with Crippen LogP contribution in [0.2, 0.25) is 0 Å². The van der Waals surface area contributed by atoms with Crippen molar-refractivity contribution in [3.8, 4) is 45.3 Å². The lowest BCUT2D eigenvalue weighted by Gasteiger charge is -2.13. The molecule has 0 amide bonds. The molecule has 8 aromatic carbocycles. The molecule has 0 aliphatic heterocycles. The van der Waals surface area contributed by atoms with Gasteiger partial charge in [0.1, 0.15) is 0 Å². The van der Waals surface area contributed by atoms with Gasteiger partial charge in [-0.2, -0.15) is 0 Å². The summed E-state index contributed by atoms with van der Waals surface area (Å²) >= 11 is 1.87. The molecular weight excluding hydrogens is 615 g/mol. The molecule has 10 rings (SSSR count). The van der Waals surface area contributed by atoms with E-state index in [1.165, 1.54) is 52.5 Å². The van der Waals surface area contributed by atoms with E-state index in [9.17, 15) is 0 Å². The molecule has 0 aliphatic carbocycles. The van der Waals surface area contributed by atoms with Crippen molar-refractivity contribution in [3.63, 3.8) is 0 Å². The zero-order chi connectivity index (χ0) is 32.3. The normalized spacial score (nSPS) is 11.7. The SMILES string of the molecule is c1ccc(-c2cccc(-c3nc(-c4ccccc4)nc(-c4ccc5c(c4)c4ccccc4c4cc6sc7ccccc7c6cc54)n3)c2)cc1. The summed E-state index contributed by atoms with van der Waals surface area (Å²) in [5.74, 6) is 1.96. The Hall–Kier alpha value is -6.23. The first kappa shape index (κ1) is 27.8. The molecule has 0 bridgehead atoms. The van der Waals surface area contributed by atoms with Gasteiger partial charge in [-0.3, -0.25) is 0 Å². The van der Waals surface area contributed by atoms with Crippen molar-refractivity contribution in [2.24, 2.45) is 0 Å². The molecule has 0 fully saturated rings. The van der Waals surface area contributed by atoms with Crippen LogP contribution in [0, 0.1) is 0 Å².